The SMILES string of the molecule is COC(=O)[C@H]1CC[C@@H](C(N)=O)N1Cc1ccccc1. The fourth-order valence-electron chi connectivity index (χ4n) is 2.57. The van der Waals surface area contributed by atoms with E-state index in [0.717, 1.165) is 5.56 Å². The minimum Gasteiger partial charge on any atom is -0.468 e. The van der Waals surface area contributed by atoms with Crippen molar-refractivity contribution in [1.29, 1.82) is 0 Å². The van der Waals surface area contributed by atoms with Crippen LogP contribution in [0.4, 0.5) is 0 Å². The summed E-state index contributed by atoms with van der Waals surface area (Å²) in [4.78, 5) is 25.1. The minimum absolute atomic E-state index is 0.306. The molecule has 1 aliphatic heterocycles. The fraction of sp³-hybridized carbons (Fsp3) is 0.429. The van der Waals surface area contributed by atoms with E-state index in [9.17, 15) is 9.59 Å². The number of hydrogen-bond acceptors (Lipinski definition) is 4. The first-order valence-electron chi connectivity index (χ1n) is 6.30. The van der Waals surface area contributed by atoms with E-state index >= 15 is 0 Å². The molecular formula is C14H18N2O3. The zero-order valence-corrected chi connectivity index (χ0v) is 10.9. The van der Waals surface area contributed by atoms with E-state index in [1.54, 1.807) is 0 Å². The molecule has 0 bridgehead atoms. The summed E-state index contributed by atoms with van der Waals surface area (Å²) in [5.41, 5.74) is 6.46. The van der Waals surface area contributed by atoms with E-state index in [-0.39, 0.29) is 17.9 Å². The van der Waals surface area contributed by atoms with Crippen LogP contribution in [-0.2, 0) is 20.9 Å². The molecule has 1 aromatic carbocycles. The molecule has 2 rings (SSSR count). The van der Waals surface area contributed by atoms with Gasteiger partial charge >= 0.3 is 5.97 Å². The van der Waals surface area contributed by atoms with Gasteiger partial charge in [0.15, 0.2) is 0 Å². The highest BCUT2D eigenvalue weighted by Gasteiger charge is 2.40. The highest BCUT2D eigenvalue weighted by molar-refractivity contribution is 5.83. The Morgan fingerprint density at radius 1 is 1.26 bits per heavy atom. The predicted octanol–water partition coefficient (Wildman–Crippen LogP) is 0.678. The van der Waals surface area contributed by atoms with Crippen LogP contribution in [0, 0.1) is 0 Å². The molecular weight excluding hydrogens is 244 g/mol. The molecule has 19 heavy (non-hydrogen) atoms. The Labute approximate surface area is 112 Å². The molecule has 0 unspecified atom stereocenters. The van der Waals surface area contributed by atoms with Gasteiger partial charge in [-0.3, -0.25) is 14.5 Å². The number of esters is 1. The minimum atomic E-state index is -0.399. The Hall–Kier alpha value is -1.88. The Kier molecular flexibility index (Phi) is 4.16. The van der Waals surface area contributed by atoms with Crippen molar-refractivity contribution < 1.29 is 14.3 Å². The second-order valence-corrected chi connectivity index (χ2v) is 4.69. The predicted molar refractivity (Wildman–Crippen MR) is 70.0 cm³/mol. The molecule has 102 valence electrons. The Balaban J connectivity index is 2.19. The topological polar surface area (TPSA) is 72.6 Å². The summed E-state index contributed by atoms with van der Waals surface area (Å²) in [6.07, 6.45) is 1.20. The standard InChI is InChI=1S/C14H18N2O3/c1-19-14(18)12-8-7-11(13(15)17)16(12)9-10-5-3-2-4-6-10/h2-6,11-12H,7-9H2,1H3,(H2,15,17)/t11-,12+/m0/s1. The number of ether oxygens (including phenoxy) is 1. The molecule has 1 heterocycles. The van der Waals surface area contributed by atoms with Crippen LogP contribution in [0.5, 0.6) is 0 Å². The molecule has 5 heteroatoms. The molecule has 0 aromatic heterocycles. The van der Waals surface area contributed by atoms with E-state index in [0.29, 0.717) is 19.4 Å². The number of amides is 1. The quantitative estimate of drug-likeness (QED) is 0.810. The molecule has 1 aromatic rings. The van der Waals surface area contributed by atoms with Crippen molar-refractivity contribution in [3.8, 4) is 0 Å². The van der Waals surface area contributed by atoms with Crippen LogP contribution in [0.15, 0.2) is 30.3 Å². The Morgan fingerprint density at radius 3 is 2.47 bits per heavy atom. The van der Waals surface area contributed by atoms with Gasteiger partial charge in [0.25, 0.3) is 0 Å². The largest absolute Gasteiger partial charge is 0.468 e. The maximum Gasteiger partial charge on any atom is 0.323 e. The summed E-state index contributed by atoms with van der Waals surface area (Å²) in [6, 6.07) is 8.93. The number of primary amides is 1. The van der Waals surface area contributed by atoms with Crippen molar-refractivity contribution in [1.82, 2.24) is 4.90 Å². The van der Waals surface area contributed by atoms with E-state index < -0.39 is 6.04 Å². The monoisotopic (exact) mass is 262 g/mol. The number of likely N-dealkylation sites (tertiary alicyclic amines) is 1. The number of benzene rings is 1. The molecule has 1 amide bonds. The highest BCUT2D eigenvalue weighted by atomic mass is 16.5. The molecule has 5 nitrogen and oxygen atoms in total. The van der Waals surface area contributed by atoms with Gasteiger partial charge in [0.05, 0.1) is 13.2 Å². The van der Waals surface area contributed by atoms with Gasteiger partial charge in [-0.25, -0.2) is 0 Å². The van der Waals surface area contributed by atoms with Crippen LogP contribution in [0.25, 0.3) is 0 Å². The molecule has 1 aliphatic rings. The lowest BCUT2D eigenvalue weighted by atomic mass is 10.1. The summed E-state index contributed by atoms with van der Waals surface area (Å²) in [5.74, 6) is -0.693. The van der Waals surface area contributed by atoms with Gasteiger partial charge in [-0.15, -0.1) is 0 Å². The van der Waals surface area contributed by atoms with E-state index in [1.807, 2.05) is 35.2 Å². The van der Waals surface area contributed by atoms with Gasteiger partial charge in [-0.1, -0.05) is 30.3 Å². The lowest BCUT2D eigenvalue weighted by molar-refractivity contribution is -0.147. The van der Waals surface area contributed by atoms with Crippen molar-refractivity contribution >= 4 is 11.9 Å². The van der Waals surface area contributed by atoms with Gasteiger partial charge in [-0.05, 0) is 18.4 Å². The zero-order chi connectivity index (χ0) is 13.8. The molecule has 1 fully saturated rings. The van der Waals surface area contributed by atoms with Crippen molar-refractivity contribution in [3.63, 3.8) is 0 Å². The first-order chi connectivity index (χ1) is 9.13. The fourth-order valence-corrected chi connectivity index (χ4v) is 2.57. The van der Waals surface area contributed by atoms with Crippen LogP contribution in [0.3, 0.4) is 0 Å². The molecule has 0 radical (unpaired) electrons. The van der Waals surface area contributed by atoms with Gasteiger partial charge in [0.1, 0.15) is 6.04 Å². The molecule has 0 saturated carbocycles. The Morgan fingerprint density at radius 2 is 1.89 bits per heavy atom. The van der Waals surface area contributed by atoms with Gasteiger partial charge < -0.3 is 10.5 Å². The summed E-state index contributed by atoms with van der Waals surface area (Å²) in [5, 5.41) is 0. The molecule has 0 spiro atoms. The van der Waals surface area contributed by atoms with Crippen LogP contribution in [0.1, 0.15) is 18.4 Å². The second kappa shape index (κ2) is 5.84. The van der Waals surface area contributed by atoms with E-state index in [1.165, 1.54) is 7.11 Å². The van der Waals surface area contributed by atoms with Crippen LogP contribution in [-0.4, -0.2) is 36.0 Å². The van der Waals surface area contributed by atoms with Gasteiger partial charge in [0.2, 0.25) is 5.91 Å². The molecule has 0 aliphatic carbocycles. The number of rotatable bonds is 4. The molecule has 2 atom stereocenters. The average molecular weight is 262 g/mol. The summed E-state index contributed by atoms with van der Waals surface area (Å²) in [6.45, 7) is 0.522. The number of carbonyl (C=O) groups is 2. The third-order valence-electron chi connectivity index (χ3n) is 3.52. The lowest BCUT2D eigenvalue weighted by Gasteiger charge is -2.26. The third kappa shape index (κ3) is 2.93. The number of carbonyl (C=O) groups excluding carboxylic acids is 2. The summed E-state index contributed by atoms with van der Waals surface area (Å²) in [7, 11) is 1.36. The number of hydrogen-bond donors (Lipinski definition) is 1. The van der Waals surface area contributed by atoms with Gasteiger partial charge in [0, 0.05) is 6.54 Å². The first kappa shape index (κ1) is 13.5. The van der Waals surface area contributed by atoms with Crippen LogP contribution in [0.2, 0.25) is 0 Å². The Bertz CT molecular complexity index is 461. The number of nitrogens with two attached hydrogens (primary N) is 1. The molecule has 2 N–H and O–H groups in total. The van der Waals surface area contributed by atoms with Crippen molar-refractivity contribution in [3.05, 3.63) is 35.9 Å². The average Bonchev–Trinajstić information content (AvgIpc) is 2.83. The van der Waals surface area contributed by atoms with E-state index in [2.05, 4.69) is 0 Å². The van der Waals surface area contributed by atoms with Crippen LogP contribution < -0.4 is 5.73 Å². The first-order valence-corrected chi connectivity index (χ1v) is 6.30. The highest BCUT2D eigenvalue weighted by Crippen LogP contribution is 2.27. The smallest absolute Gasteiger partial charge is 0.323 e. The van der Waals surface area contributed by atoms with Crippen molar-refractivity contribution in [2.75, 3.05) is 7.11 Å². The maximum absolute atomic E-state index is 11.8. The summed E-state index contributed by atoms with van der Waals surface area (Å²) >= 11 is 0. The van der Waals surface area contributed by atoms with Gasteiger partial charge in [-0.2, -0.15) is 0 Å². The number of nitrogens with zero attached hydrogens (tertiary/aromatic N) is 1. The van der Waals surface area contributed by atoms with Crippen molar-refractivity contribution in [2.45, 2.75) is 31.5 Å². The number of methoxy groups -OCH3 is 1. The maximum atomic E-state index is 11.8. The summed E-state index contributed by atoms with van der Waals surface area (Å²) < 4.78 is 4.80. The molecule has 1 saturated heterocycles. The van der Waals surface area contributed by atoms with E-state index in [4.69, 9.17) is 10.5 Å². The zero-order valence-electron chi connectivity index (χ0n) is 10.9. The third-order valence-corrected chi connectivity index (χ3v) is 3.52. The normalized spacial score (nSPS) is 23.2. The lowest BCUT2D eigenvalue weighted by Crippen LogP contribution is -2.46. The van der Waals surface area contributed by atoms with Crippen molar-refractivity contribution in [2.24, 2.45) is 5.73 Å². The second-order valence-electron chi connectivity index (χ2n) is 4.69. The van der Waals surface area contributed by atoms with Crippen LogP contribution >= 0.6 is 0 Å².